The number of nitro groups is 1. The fraction of sp³-hybridized carbons (Fsp3) is 0.273. The Morgan fingerprint density at radius 1 is 1.17 bits per heavy atom. The summed E-state index contributed by atoms with van der Waals surface area (Å²) in [6.07, 6.45) is 1.13. The van der Waals surface area contributed by atoms with Gasteiger partial charge in [0.25, 0.3) is 5.69 Å². The van der Waals surface area contributed by atoms with Crippen molar-refractivity contribution in [2.24, 2.45) is 0 Å². The van der Waals surface area contributed by atoms with Crippen molar-refractivity contribution in [2.75, 3.05) is 4.90 Å². The maximum Gasteiger partial charge on any atom is 0.293 e. The summed E-state index contributed by atoms with van der Waals surface area (Å²) in [5, 5.41) is 11.6. The molecule has 0 aromatic heterocycles. The van der Waals surface area contributed by atoms with Crippen molar-refractivity contribution in [1.82, 2.24) is 0 Å². The maximum absolute atomic E-state index is 14.6. The van der Waals surface area contributed by atoms with Crippen LogP contribution in [0.4, 0.5) is 15.8 Å². The molecule has 8 heteroatoms. The smallest absolute Gasteiger partial charge is 0.293 e. The Morgan fingerprint density at radius 3 is 2.67 bits per heavy atom. The molecule has 0 saturated carbocycles. The molecule has 0 bridgehead atoms. The zero-order valence-corrected chi connectivity index (χ0v) is 17.7. The third kappa shape index (κ3) is 3.45. The minimum Gasteiger partial charge on any atom is -0.294 e. The molecule has 1 aliphatic heterocycles. The highest BCUT2D eigenvalue weighted by atomic mass is 79.9. The van der Waals surface area contributed by atoms with E-state index < -0.39 is 16.7 Å². The fourth-order valence-corrected chi connectivity index (χ4v) is 4.67. The van der Waals surface area contributed by atoms with Crippen molar-refractivity contribution in [2.45, 2.75) is 38.5 Å². The van der Waals surface area contributed by atoms with E-state index in [0.29, 0.717) is 40.6 Å². The van der Waals surface area contributed by atoms with E-state index in [9.17, 15) is 24.1 Å². The number of nitrogens with zero attached hydrogens (tertiary/aromatic N) is 2. The second-order valence-corrected chi connectivity index (χ2v) is 8.45. The topological polar surface area (TPSA) is 80.5 Å². The second-order valence-electron chi connectivity index (χ2n) is 7.54. The normalized spacial score (nSPS) is 19.2. The van der Waals surface area contributed by atoms with E-state index in [-0.39, 0.29) is 35.0 Å². The first-order valence-electron chi connectivity index (χ1n) is 9.57. The predicted octanol–water partition coefficient (Wildman–Crippen LogP) is 5.33. The van der Waals surface area contributed by atoms with Crippen molar-refractivity contribution in [1.29, 1.82) is 0 Å². The Bertz CT molecular complexity index is 1130. The van der Waals surface area contributed by atoms with Crippen LogP contribution in [0.3, 0.4) is 0 Å². The zero-order chi connectivity index (χ0) is 21.6. The lowest BCUT2D eigenvalue weighted by Gasteiger charge is -2.38. The molecule has 0 radical (unpaired) electrons. The number of anilines is 1. The van der Waals surface area contributed by atoms with Gasteiger partial charge < -0.3 is 0 Å². The van der Waals surface area contributed by atoms with Crippen LogP contribution in [-0.4, -0.2) is 16.6 Å². The van der Waals surface area contributed by atoms with Crippen molar-refractivity contribution in [3.63, 3.8) is 0 Å². The quantitative estimate of drug-likeness (QED) is 0.446. The van der Waals surface area contributed by atoms with Gasteiger partial charge in [0.2, 0.25) is 5.91 Å². The highest BCUT2D eigenvalue weighted by Crippen LogP contribution is 2.46. The number of ketones is 1. The Hall–Kier alpha value is -2.87. The number of benzene rings is 2. The van der Waals surface area contributed by atoms with E-state index in [0.717, 1.165) is 0 Å². The van der Waals surface area contributed by atoms with Crippen LogP contribution in [0.5, 0.6) is 0 Å². The zero-order valence-electron chi connectivity index (χ0n) is 16.2. The molecule has 1 unspecified atom stereocenters. The summed E-state index contributed by atoms with van der Waals surface area (Å²) in [5.41, 5.74) is 1.74. The number of carbonyl (C=O) groups excluding carboxylic acids is 2. The third-order valence-electron chi connectivity index (χ3n) is 5.58. The minimum atomic E-state index is -0.710. The molecule has 4 rings (SSSR count). The third-order valence-corrected chi connectivity index (χ3v) is 6.07. The van der Waals surface area contributed by atoms with E-state index in [1.54, 1.807) is 25.1 Å². The molecule has 0 fully saturated rings. The molecule has 2 aliphatic rings. The number of hydrogen-bond donors (Lipinski definition) is 0. The number of hydrogen-bond acceptors (Lipinski definition) is 4. The first-order chi connectivity index (χ1) is 14.3. The molecule has 0 N–H and O–H groups in total. The summed E-state index contributed by atoms with van der Waals surface area (Å²) in [4.78, 5) is 38.5. The van der Waals surface area contributed by atoms with E-state index in [2.05, 4.69) is 15.9 Å². The van der Waals surface area contributed by atoms with E-state index in [1.807, 2.05) is 0 Å². The maximum atomic E-state index is 14.6. The second kappa shape index (κ2) is 7.75. The molecule has 30 heavy (non-hydrogen) atoms. The monoisotopic (exact) mass is 472 g/mol. The Morgan fingerprint density at radius 2 is 1.93 bits per heavy atom. The number of nitro benzene ring substituents is 1. The number of rotatable bonds is 3. The molecule has 1 amide bonds. The number of Topliss-reactive ketones (excluding diaryl/α,β-unsaturated/α-hetero) is 1. The largest absolute Gasteiger partial charge is 0.294 e. The van der Waals surface area contributed by atoms with Crippen LogP contribution in [-0.2, 0) is 9.59 Å². The molecule has 1 atom stereocenters. The van der Waals surface area contributed by atoms with Gasteiger partial charge in [-0.1, -0.05) is 22.0 Å². The van der Waals surface area contributed by atoms with Crippen LogP contribution in [0.1, 0.15) is 42.7 Å². The minimum absolute atomic E-state index is 0.136. The summed E-state index contributed by atoms with van der Waals surface area (Å²) >= 11 is 3.32. The van der Waals surface area contributed by atoms with Crippen molar-refractivity contribution in [3.05, 3.63) is 79.2 Å². The van der Waals surface area contributed by atoms with Crippen LogP contribution >= 0.6 is 15.9 Å². The lowest BCUT2D eigenvalue weighted by molar-refractivity contribution is -0.384. The molecule has 2 aromatic carbocycles. The summed E-state index contributed by atoms with van der Waals surface area (Å²) in [6.45, 7) is 1.73. The predicted molar refractivity (Wildman–Crippen MR) is 113 cm³/mol. The highest BCUT2D eigenvalue weighted by molar-refractivity contribution is 9.10. The lowest BCUT2D eigenvalue weighted by Crippen LogP contribution is -2.41. The van der Waals surface area contributed by atoms with E-state index >= 15 is 0 Å². The van der Waals surface area contributed by atoms with Gasteiger partial charge in [0, 0.05) is 40.6 Å². The number of aryl methyl sites for hydroxylation is 1. The lowest BCUT2D eigenvalue weighted by atomic mass is 9.77. The van der Waals surface area contributed by atoms with Gasteiger partial charge in [-0.3, -0.25) is 24.6 Å². The van der Waals surface area contributed by atoms with Gasteiger partial charge in [-0.05, 0) is 55.2 Å². The van der Waals surface area contributed by atoms with Crippen molar-refractivity contribution >= 4 is 39.0 Å². The summed E-state index contributed by atoms with van der Waals surface area (Å²) in [6, 6.07) is 9.09. The SMILES string of the molecule is Cc1ccc(N2C(=O)CC(c3cc(Br)ccc3F)C3=C2CCCC3=O)c([N+](=O)[O-])c1. The molecule has 154 valence electrons. The van der Waals surface area contributed by atoms with E-state index in [4.69, 9.17) is 0 Å². The van der Waals surface area contributed by atoms with Gasteiger partial charge in [-0.15, -0.1) is 0 Å². The van der Waals surface area contributed by atoms with Gasteiger partial charge in [0.1, 0.15) is 11.5 Å². The van der Waals surface area contributed by atoms with Crippen LogP contribution in [0.15, 0.2) is 52.1 Å². The average molecular weight is 473 g/mol. The molecular formula is C22H18BrFN2O4. The van der Waals surface area contributed by atoms with Crippen LogP contribution in [0.25, 0.3) is 0 Å². The fourth-order valence-electron chi connectivity index (χ4n) is 4.29. The highest BCUT2D eigenvalue weighted by Gasteiger charge is 2.42. The Kier molecular flexibility index (Phi) is 5.27. The number of amides is 1. The first-order valence-corrected chi connectivity index (χ1v) is 10.4. The molecule has 1 heterocycles. The van der Waals surface area contributed by atoms with Crippen LogP contribution < -0.4 is 4.90 Å². The molecule has 0 spiro atoms. The van der Waals surface area contributed by atoms with Gasteiger partial charge in [-0.2, -0.15) is 0 Å². The Labute approximate surface area is 180 Å². The Balaban J connectivity index is 1.93. The standard InChI is InChI=1S/C22H18BrFN2O4/c1-12-5-8-17(19(9-12)26(29)30)25-18-3-2-4-20(27)22(18)15(11-21(25)28)14-10-13(23)6-7-16(14)24/h5-10,15H,2-4,11H2,1H3. The number of allylic oxidation sites excluding steroid dienone is 2. The summed E-state index contributed by atoms with van der Waals surface area (Å²) in [7, 11) is 0. The summed E-state index contributed by atoms with van der Waals surface area (Å²) in [5.74, 6) is -1.73. The number of halogens is 2. The van der Waals surface area contributed by atoms with Crippen molar-refractivity contribution < 1.29 is 18.9 Å². The summed E-state index contributed by atoms with van der Waals surface area (Å²) < 4.78 is 15.3. The van der Waals surface area contributed by atoms with Gasteiger partial charge >= 0.3 is 0 Å². The van der Waals surface area contributed by atoms with Gasteiger partial charge in [0.05, 0.1) is 4.92 Å². The van der Waals surface area contributed by atoms with Crippen molar-refractivity contribution in [3.8, 4) is 0 Å². The van der Waals surface area contributed by atoms with Gasteiger partial charge in [0.15, 0.2) is 5.78 Å². The van der Waals surface area contributed by atoms with Crippen LogP contribution in [0.2, 0.25) is 0 Å². The van der Waals surface area contributed by atoms with E-state index in [1.165, 1.54) is 23.1 Å². The molecular weight excluding hydrogens is 455 g/mol. The first kappa shape index (κ1) is 20.4. The average Bonchev–Trinajstić information content (AvgIpc) is 2.70. The number of carbonyl (C=O) groups is 2. The molecule has 2 aromatic rings. The molecule has 0 saturated heterocycles. The van der Waals surface area contributed by atoms with Gasteiger partial charge in [-0.25, -0.2) is 4.39 Å². The van der Waals surface area contributed by atoms with Crippen LogP contribution in [0, 0.1) is 22.9 Å². The molecule has 1 aliphatic carbocycles. The molecule has 6 nitrogen and oxygen atoms in total.